The maximum atomic E-state index is 11.8. The van der Waals surface area contributed by atoms with Gasteiger partial charge in [0.1, 0.15) is 0 Å². The fourth-order valence-corrected chi connectivity index (χ4v) is 2.31. The van der Waals surface area contributed by atoms with Gasteiger partial charge < -0.3 is 11.1 Å². The topological polar surface area (TPSA) is 55.1 Å². The van der Waals surface area contributed by atoms with E-state index in [2.05, 4.69) is 27.9 Å². The van der Waals surface area contributed by atoms with Crippen LogP contribution in [0.3, 0.4) is 0 Å². The van der Waals surface area contributed by atoms with Gasteiger partial charge in [0.25, 0.3) is 0 Å². The third-order valence-electron chi connectivity index (χ3n) is 2.43. The molecule has 94 valence electrons. The first-order valence-electron chi connectivity index (χ1n) is 5.36. The molecule has 0 unspecified atom stereocenters. The largest absolute Gasteiger partial charge is 0.324 e. The van der Waals surface area contributed by atoms with Gasteiger partial charge in [0, 0.05) is 9.26 Å². The smallest absolute Gasteiger partial charge is 0.241 e. The highest BCUT2D eigenvalue weighted by Crippen LogP contribution is 2.18. The summed E-state index contributed by atoms with van der Waals surface area (Å²) in [5.41, 5.74) is 7.71. The van der Waals surface area contributed by atoms with Crippen molar-refractivity contribution in [1.29, 1.82) is 0 Å². The third-order valence-corrected chi connectivity index (χ3v) is 3.74. The van der Waals surface area contributed by atoms with Gasteiger partial charge in [0.2, 0.25) is 5.91 Å². The average molecular weight is 364 g/mol. The number of nitrogens with two attached hydrogens (primary N) is 1. The normalized spacial score (nSPS) is 12.2. The summed E-state index contributed by atoms with van der Waals surface area (Å²) in [6, 6.07) is 5.53. The van der Waals surface area contributed by atoms with Gasteiger partial charge >= 0.3 is 0 Å². The molecule has 17 heavy (non-hydrogen) atoms. The first-order valence-corrected chi connectivity index (χ1v) is 7.83. The Labute approximate surface area is 120 Å². The lowest BCUT2D eigenvalue weighted by molar-refractivity contribution is -0.117. The lowest BCUT2D eigenvalue weighted by Gasteiger charge is -2.13. The molecule has 1 amide bonds. The van der Waals surface area contributed by atoms with Crippen LogP contribution in [-0.2, 0) is 4.79 Å². The van der Waals surface area contributed by atoms with E-state index in [0.717, 1.165) is 20.6 Å². The van der Waals surface area contributed by atoms with Crippen molar-refractivity contribution in [2.45, 2.75) is 19.4 Å². The predicted octanol–water partition coefficient (Wildman–Crippen LogP) is 2.62. The average Bonchev–Trinajstić information content (AvgIpc) is 2.30. The molecule has 0 radical (unpaired) electrons. The van der Waals surface area contributed by atoms with E-state index < -0.39 is 6.04 Å². The second-order valence-electron chi connectivity index (χ2n) is 3.84. The van der Waals surface area contributed by atoms with E-state index in [1.165, 1.54) is 0 Å². The number of rotatable bonds is 5. The van der Waals surface area contributed by atoms with Crippen molar-refractivity contribution >= 4 is 45.9 Å². The SMILES string of the molecule is CSCC[C@@H](N)C(=O)Nc1cc(I)ccc1C. The van der Waals surface area contributed by atoms with Crippen LogP contribution in [-0.4, -0.2) is 24.0 Å². The summed E-state index contributed by atoms with van der Waals surface area (Å²) in [6.07, 6.45) is 2.71. The molecule has 1 aromatic carbocycles. The lowest BCUT2D eigenvalue weighted by Crippen LogP contribution is -2.36. The van der Waals surface area contributed by atoms with Crippen molar-refractivity contribution in [2.24, 2.45) is 5.73 Å². The molecule has 0 aliphatic rings. The number of carbonyl (C=O) groups is 1. The minimum Gasteiger partial charge on any atom is -0.324 e. The summed E-state index contributed by atoms with van der Waals surface area (Å²) >= 11 is 3.92. The molecule has 0 aromatic heterocycles. The molecule has 0 heterocycles. The van der Waals surface area contributed by atoms with Crippen molar-refractivity contribution in [3.05, 3.63) is 27.3 Å². The van der Waals surface area contributed by atoms with E-state index in [1.54, 1.807) is 11.8 Å². The minimum atomic E-state index is -0.431. The first kappa shape index (κ1) is 14.8. The molecule has 1 aromatic rings. The summed E-state index contributed by atoms with van der Waals surface area (Å²) in [4.78, 5) is 11.8. The molecule has 3 N–H and O–H groups in total. The summed E-state index contributed by atoms with van der Waals surface area (Å²) in [6.45, 7) is 1.97. The Bertz CT molecular complexity index is 398. The van der Waals surface area contributed by atoms with Gasteiger partial charge in [-0.1, -0.05) is 6.07 Å². The Balaban J connectivity index is 2.64. The van der Waals surface area contributed by atoms with E-state index in [-0.39, 0.29) is 5.91 Å². The molecule has 0 aliphatic heterocycles. The fraction of sp³-hybridized carbons (Fsp3) is 0.417. The number of nitrogens with one attached hydrogen (secondary N) is 1. The Kier molecular flexibility index (Phi) is 6.29. The highest BCUT2D eigenvalue weighted by Gasteiger charge is 2.13. The van der Waals surface area contributed by atoms with Crippen LogP contribution in [0.5, 0.6) is 0 Å². The van der Waals surface area contributed by atoms with E-state index in [9.17, 15) is 4.79 Å². The number of aryl methyl sites for hydroxylation is 1. The number of halogens is 1. The number of amides is 1. The van der Waals surface area contributed by atoms with Gasteiger partial charge in [0.05, 0.1) is 6.04 Å². The molecule has 0 bridgehead atoms. The molecule has 1 rings (SSSR count). The number of thioether (sulfide) groups is 1. The third kappa shape index (κ3) is 4.85. The van der Waals surface area contributed by atoms with E-state index >= 15 is 0 Å². The van der Waals surface area contributed by atoms with Gasteiger partial charge in [-0.15, -0.1) is 0 Å². The van der Waals surface area contributed by atoms with Crippen LogP contribution in [0.4, 0.5) is 5.69 Å². The van der Waals surface area contributed by atoms with Gasteiger partial charge in [0.15, 0.2) is 0 Å². The number of anilines is 1. The van der Waals surface area contributed by atoms with Crippen molar-refractivity contribution in [3.63, 3.8) is 0 Å². The summed E-state index contributed by atoms with van der Waals surface area (Å²) in [5.74, 6) is 0.795. The minimum absolute atomic E-state index is 0.107. The molecule has 0 fully saturated rings. The quantitative estimate of drug-likeness (QED) is 0.790. The monoisotopic (exact) mass is 364 g/mol. The highest BCUT2D eigenvalue weighted by molar-refractivity contribution is 14.1. The number of hydrogen-bond acceptors (Lipinski definition) is 3. The Morgan fingerprint density at radius 1 is 1.59 bits per heavy atom. The Morgan fingerprint density at radius 3 is 2.94 bits per heavy atom. The van der Waals surface area contributed by atoms with Gasteiger partial charge in [-0.05, 0) is 65.6 Å². The number of carbonyl (C=O) groups excluding carboxylic acids is 1. The predicted molar refractivity (Wildman–Crippen MR) is 83.5 cm³/mol. The summed E-state index contributed by atoms with van der Waals surface area (Å²) in [7, 11) is 0. The van der Waals surface area contributed by atoms with Crippen LogP contribution < -0.4 is 11.1 Å². The Hall–Kier alpha value is -0.270. The van der Waals surface area contributed by atoms with Gasteiger partial charge in [-0.25, -0.2) is 0 Å². The van der Waals surface area contributed by atoms with Gasteiger partial charge in [-0.3, -0.25) is 4.79 Å². The molecular formula is C12H17IN2OS. The van der Waals surface area contributed by atoms with Crippen molar-refractivity contribution in [1.82, 2.24) is 0 Å². The second kappa shape index (κ2) is 7.23. The number of benzene rings is 1. The molecule has 0 saturated carbocycles. The van der Waals surface area contributed by atoms with Crippen LogP contribution in [0.1, 0.15) is 12.0 Å². The maximum Gasteiger partial charge on any atom is 0.241 e. The van der Waals surface area contributed by atoms with Crippen LogP contribution in [0.25, 0.3) is 0 Å². The van der Waals surface area contributed by atoms with Crippen LogP contribution in [0, 0.1) is 10.5 Å². The molecule has 1 atom stereocenters. The van der Waals surface area contributed by atoms with Crippen molar-refractivity contribution in [3.8, 4) is 0 Å². The zero-order valence-electron chi connectivity index (χ0n) is 10.00. The molecular weight excluding hydrogens is 347 g/mol. The number of hydrogen-bond donors (Lipinski definition) is 2. The van der Waals surface area contributed by atoms with E-state index in [0.29, 0.717) is 6.42 Å². The van der Waals surface area contributed by atoms with Crippen molar-refractivity contribution < 1.29 is 4.79 Å². The second-order valence-corrected chi connectivity index (χ2v) is 6.07. The zero-order chi connectivity index (χ0) is 12.8. The maximum absolute atomic E-state index is 11.8. The molecule has 0 saturated heterocycles. The van der Waals surface area contributed by atoms with Gasteiger partial charge in [-0.2, -0.15) is 11.8 Å². The molecule has 3 nitrogen and oxygen atoms in total. The summed E-state index contributed by atoms with van der Waals surface area (Å²) < 4.78 is 1.10. The fourth-order valence-electron chi connectivity index (χ4n) is 1.33. The van der Waals surface area contributed by atoms with Crippen LogP contribution >= 0.6 is 34.4 Å². The highest BCUT2D eigenvalue weighted by atomic mass is 127. The van der Waals surface area contributed by atoms with Crippen LogP contribution in [0.15, 0.2) is 18.2 Å². The first-order chi connectivity index (χ1) is 8.04. The Morgan fingerprint density at radius 2 is 2.29 bits per heavy atom. The zero-order valence-corrected chi connectivity index (χ0v) is 13.0. The lowest BCUT2D eigenvalue weighted by atomic mass is 10.1. The standard InChI is InChI=1S/C12H17IN2OS/c1-8-3-4-9(13)7-11(8)15-12(16)10(14)5-6-17-2/h3-4,7,10H,5-6,14H2,1-2H3,(H,15,16)/t10-/m1/s1. The van der Waals surface area contributed by atoms with Crippen LogP contribution in [0.2, 0.25) is 0 Å². The molecule has 0 aliphatic carbocycles. The molecule has 0 spiro atoms. The molecule has 5 heteroatoms. The van der Waals surface area contributed by atoms with Crippen molar-refractivity contribution in [2.75, 3.05) is 17.3 Å². The summed E-state index contributed by atoms with van der Waals surface area (Å²) in [5, 5.41) is 2.88. The van der Waals surface area contributed by atoms with E-state index in [4.69, 9.17) is 5.73 Å². The van der Waals surface area contributed by atoms with E-state index in [1.807, 2.05) is 31.4 Å².